The van der Waals surface area contributed by atoms with Crippen molar-refractivity contribution in [3.05, 3.63) is 45.4 Å². The highest BCUT2D eigenvalue weighted by Crippen LogP contribution is 2.30. The van der Waals surface area contributed by atoms with Crippen LogP contribution in [0, 0.1) is 5.82 Å². The molecule has 2 rings (SSSR count). The maximum atomic E-state index is 13.2. The molecule has 0 radical (unpaired) electrons. The minimum atomic E-state index is -0.488. The summed E-state index contributed by atoms with van der Waals surface area (Å²) in [7, 11) is 1.90. The molecule has 0 saturated carbocycles. The zero-order chi connectivity index (χ0) is 12.4. The number of nitrogens with two attached hydrogens (primary N) is 1. The molecule has 0 amide bonds. The molecule has 5 heteroatoms. The second-order valence-corrected chi connectivity index (χ2v) is 5.20. The van der Waals surface area contributed by atoms with Gasteiger partial charge in [-0.05, 0) is 17.5 Å². The van der Waals surface area contributed by atoms with Crippen LogP contribution in [0.25, 0.3) is 0 Å². The molecule has 2 aromatic rings. The molecule has 0 atom stereocenters. The van der Waals surface area contributed by atoms with Gasteiger partial charge >= 0.3 is 0 Å². The lowest BCUT2D eigenvalue weighted by Gasteiger charge is -2.20. The minimum absolute atomic E-state index is 0.0900. The third kappa shape index (κ3) is 2.70. The van der Waals surface area contributed by atoms with Crippen molar-refractivity contribution in [2.24, 2.45) is 0 Å². The van der Waals surface area contributed by atoms with Crippen molar-refractivity contribution < 1.29 is 4.39 Å². The van der Waals surface area contributed by atoms with Crippen LogP contribution in [-0.4, -0.2) is 7.05 Å². The molecule has 0 aliphatic rings. The number of benzene rings is 1. The SMILES string of the molecule is CN(Cc1cccs1)c1cc(Cl)c(F)cc1N. The predicted molar refractivity (Wildman–Crippen MR) is 72.2 cm³/mol. The maximum Gasteiger partial charge on any atom is 0.143 e. The van der Waals surface area contributed by atoms with E-state index >= 15 is 0 Å². The molecular weight excluding hydrogens is 259 g/mol. The van der Waals surface area contributed by atoms with Gasteiger partial charge in [0.15, 0.2) is 0 Å². The van der Waals surface area contributed by atoms with Crippen molar-refractivity contribution in [1.29, 1.82) is 0 Å². The van der Waals surface area contributed by atoms with Crippen LogP contribution in [0.2, 0.25) is 5.02 Å². The van der Waals surface area contributed by atoms with Crippen molar-refractivity contribution in [3.63, 3.8) is 0 Å². The Balaban J connectivity index is 2.24. The van der Waals surface area contributed by atoms with Crippen LogP contribution in [0.15, 0.2) is 29.6 Å². The van der Waals surface area contributed by atoms with Crippen molar-refractivity contribution in [3.8, 4) is 0 Å². The number of rotatable bonds is 3. The molecule has 0 aliphatic carbocycles. The standard InChI is InChI=1S/C12H12ClFN2S/c1-16(7-8-3-2-4-17-8)12-5-9(13)10(14)6-11(12)15/h2-6H,7,15H2,1H3. The molecule has 0 spiro atoms. The van der Waals surface area contributed by atoms with E-state index in [-0.39, 0.29) is 5.02 Å². The predicted octanol–water partition coefficient (Wildman–Crippen LogP) is 3.76. The summed E-state index contributed by atoms with van der Waals surface area (Å²) < 4.78 is 13.2. The second-order valence-electron chi connectivity index (χ2n) is 3.76. The average Bonchev–Trinajstić information content (AvgIpc) is 2.76. The summed E-state index contributed by atoms with van der Waals surface area (Å²) in [6, 6.07) is 6.85. The van der Waals surface area contributed by atoms with E-state index < -0.39 is 5.82 Å². The molecule has 0 bridgehead atoms. The largest absolute Gasteiger partial charge is 0.397 e. The Morgan fingerprint density at radius 2 is 2.24 bits per heavy atom. The third-order valence-electron chi connectivity index (χ3n) is 2.45. The summed E-state index contributed by atoms with van der Waals surface area (Å²) in [5.41, 5.74) is 6.92. The summed E-state index contributed by atoms with van der Waals surface area (Å²) in [5, 5.41) is 2.11. The van der Waals surface area contributed by atoms with Crippen LogP contribution in [-0.2, 0) is 6.54 Å². The first-order valence-electron chi connectivity index (χ1n) is 5.06. The van der Waals surface area contributed by atoms with Crippen LogP contribution in [0.5, 0.6) is 0 Å². The van der Waals surface area contributed by atoms with Gasteiger partial charge in [0, 0.05) is 18.0 Å². The Bertz CT molecular complexity index is 513. The molecule has 17 heavy (non-hydrogen) atoms. The number of anilines is 2. The second kappa shape index (κ2) is 4.94. The smallest absolute Gasteiger partial charge is 0.143 e. The maximum absolute atomic E-state index is 13.2. The van der Waals surface area contributed by atoms with Gasteiger partial charge in [-0.25, -0.2) is 4.39 Å². The molecule has 0 saturated heterocycles. The number of hydrogen-bond donors (Lipinski definition) is 1. The fraction of sp³-hybridized carbons (Fsp3) is 0.167. The Labute approximate surface area is 108 Å². The minimum Gasteiger partial charge on any atom is -0.397 e. The Morgan fingerprint density at radius 3 is 2.88 bits per heavy atom. The molecule has 0 aliphatic heterocycles. The van der Waals surface area contributed by atoms with E-state index in [9.17, 15) is 4.39 Å². The molecule has 1 heterocycles. The number of hydrogen-bond acceptors (Lipinski definition) is 3. The summed E-state index contributed by atoms with van der Waals surface area (Å²) in [4.78, 5) is 3.17. The fourth-order valence-corrected chi connectivity index (χ4v) is 2.52. The quantitative estimate of drug-likeness (QED) is 0.861. The van der Waals surface area contributed by atoms with E-state index in [1.807, 2.05) is 29.5 Å². The number of nitrogen functional groups attached to an aromatic ring is 1. The van der Waals surface area contributed by atoms with Gasteiger partial charge in [-0.3, -0.25) is 0 Å². The van der Waals surface area contributed by atoms with Crippen molar-refractivity contribution in [2.75, 3.05) is 17.7 Å². The van der Waals surface area contributed by atoms with Crippen LogP contribution >= 0.6 is 22.9 Å². The van der Waals surface area contributed by atoms with Crippen molar-refractivity contribution in [1.82, 2.24) is 0 Å². The van der Waals surface area contributed by atoms with E-state index in [2.05, 4.69) is 0 Å². The molecule has 0 unspecified atom stereocenters. The van der Waals surface area contributed by atoms with Gasteiger partial charge < -0.3 is 10.6 Å². The van der Waals surface area contributed by atoms with Gasteiger partial charge in [0.1, 0.15) is 5.82 Å². The monoisotopic (exact) mass is 270 g/mol. The highest BCUT2D eigenvalue weighted by molar-refractivity contribution is 7.09. The van der Waals surface area contributed by atoms with Gasteiger partial charge in [0.05, 0.1) is 22.9 Å². The van der Waals surface area contributed by atoms with Gasteiger partial charge in [0.2, 0.25) is 0 Å². The topological polar surface area (TPSA) is 29.3 Å². The molecule has 90 valence electrons. The zero-order valence-electron chi connectivity index (χ0n) is 9.28. The van der Waals surface area contributed by atoms with Crippen molar-refractivity contribution >= 4 is 34.3 Å². The lowest BCUT2D eigenvalue weighted by Crippen LogP contribution is -2.17. The number of halogens is 2. The summed E-state index contributed by atoms with van der Waals surface area (Å²) in [5.74, 6) is -0.488. The molecule has 1 aromatic heterocycles. The van der Waals surface area contributed by atoms with E-state index in [0.717, 1.165) is 12.2 Å². The van der Waals surface area contributed by atoms with Crippen LogP contribution < -0.4 is 10.6 Å². The Kier molecular flexibility index (Phi) is 3.54. The Morgan fingerprint density at radius 1 is 1.47 bits per heavy atom. The molecule has 2 nitrogen and oxygen atoms in total. The summed E-state index contributed by atoms with van der Waals surface area (Å²) >= 11 is 7.43. The van der Waals surface area contributed by atoms with Crippen LogP contribution in [0.4, 0.5) is 15.8 Å². The van der Waals surface area contributed by atoms with Crippen LogP contribution in [0.1, 0.15) is 4.88 Å². The van der Waals surface area contributed by atoms with E-state index in [1.165, 1.54) is 10.9 Å². The van der Waals surface area contributed by atoms with E-state index in [0.29, 0.717) is 5.69 Å². The highest BCUT2D eigenvalue weighted by Gasteiger charge is 2.10. The first-order valence-corrected chi connectivity index (χ1v) is 6.31. The van der Waals surface area contributed by atoms with Crippen molar-refractivity contribution in [2.45, 2.75) is 6.54 Å². The lowest BCUT2D eigenvalue weighted by atomic mass is 10.2. The first-order chi connectivity index (χ1) is 8.08. The van der Waals surface area contributed by atoms with Gasteiger partial charge in [-0.1, -0.05) is 17.7 Å². The lowest BCUT2D eigenvalue weighted by molar-refractivity contribution is 0.629. The van der Waals surface area contributed by atoms with Gasteiger partial charge in [-0.2, -0.15) is 0 Å². The molecule has 2 N–H and O–H groups in total. The zero-order valence-corrected chi connectivity index (χ0v) is 10.9. The van der Waals surface area contributed by atoms with E-state index in [1.54, 1.807) is 17.4 Å². The van der Waals surface area contributed by atoms with Gasteiger partial charge in [-0.15, -0.1) is 11.3 Å². The molecule has 0 fully saturated rings. The summed E-state index contributed by atoms with van der Waals surface area (Å²) in [6.45, 7) is 0.726. The normalized spacial score (nSPS) is 10.5. The third-order valence-corrected chi connectivity index (χ3v) is 3.60. The number of nitrogens with zero attached hydrogens (tertiary/aromatic N) is 1. The molecular formula is C12H12ClFN2S. The van der Waals surface area contributed by atoms with E-state index in [4.69, 9.17) is 17.3 Å². The molecule has 1 aromatic carbocycles. The highest BCUT2D eigenvalue weighted by atomic mass is 35.5. The fourth-order valence-electron chi connectivity index (χ4n) is 1.60. The van der Waals surface area contributed by atoms with Crippen LogP contribution in [0.3, 0.4) is 0 Å². The first kappa shape index (κ1) is 12.2. The average molecular weight is 271 g/mol. The van der Waals surface area contributed by atoms with Gasteiger partial charge in [0.25, 0.3) is 0 Å². The number of thiophene rings is 1. The summed E-state index contributed by atoms with van der Waals surface area (Å²) in [6.07, 6.45) is 0. The Hall–Kier alpha value is -1.26.